The first kappa shape index (κ1) is 52.2. The molecule has 0 saturated carbocycles. The molecule has 4 saturated heterocycles. The third kappa shape index (κ3) is 11.5. The lowest BCUT2D eigenvalue weighted by Gasteiger charge is -2.51. The van der Waals surface area contributed by atoms with Crippen LogP contribution in [0.1, 0.15) is 108 Å². The maximum absolute atomic E-state index is 14.5. The van der Waals surface area contributed by atoms with Crippen LogP contribution in [0, 0.1) is 23.7 Å². The molecule has 6 N–H and O–H groups in total. The van der Waals surface area contributed by atoms with Gasteiger partial charge >= 0.3 is 5.97 Å². The van der Waals surface area contributed by atoms with Gasteiger partial charge < -0.3 is 73.6 Å². The van der Waals surface area contributed by atoms with Crippen LogP contribution in [0.4, 0.5) is 0 Å². The minimum atomic E-state index is -2.05. The van der Waals surface area contributed by atoms with E-state index < -0.39 is 126 Å². The first-order valence-corrected chi connectivity index (χ1v) is 22.3. The molecule has 0 aliphatic carbocycles. The molecule has 17 nitrogen and oxygen atoms in total. The van der Waals surface area contributed by atoms with Crippen molar-refractivity contribution in [2.24, 2.45) is 23.7 Å². The van der Waals surface area contributed by atoms with E-state index in [-0.39, 0.29) is 43.9 Å². The number of esters is 1. The van der Waals surface area contributed by atoms with Crippen LogP contribution >= 0.6 is 0 Å². The van der Waals surface area contributed by atoms with Crippen molar-refractivity contribution >= 4 is 11.8 Å². The second-order valence-electron chi connectivity index (χ2n) is 19.9. The van der Waals surface area contributed by atoms with Gasteiger partial charge in [0, 0.05) is 42.7 Å². The Morgan fingerprint density at radius 2 is 1.30 bits per heavy atom. The summed E-state index contributed by atoms with van der Waals surface area (Å²) in [4.78, 5) is 32.7. The van der Waals surface area contributed by atoms with Crippen LogP contribution in [0.15, 0.2) is 0 Å². The fourth-order valence-electron chi connectivity index (χ4n) is 10.2. The molecule has 356 valence electrons. The minimum absolute atomic E-state index is 0.0421. The Bertz CT molecular complexity index is 1450. The molecule has 4 fully saturated rings. The number of carbonyl (C=O) groups is 2. The number of aliphatic hydroxyl groups is 6. The van der Waals surface area contributed by atoms with Crippen LogP contribution < -0.4 is 0 Å². The number of rotatable bonds is 9. The van der Waals surface area contributed by atoms with Gasteiger partial charge in [-0.2, -0.15) is 0 Å². The van der Waals surface area contributed by atoms with Gasteiger partial charge in [0.15, 0.2) is 18.9 Å². The zero-order valence-corrected chi connectivity index (χ0v) is 39.3. The van der Waals surface area contributed by atoms with Crippen LogP contribution in [0.25, 0.3) is 0 Å². The molecular weight excluding hydrogens is 796 g/mol. The topological polar surface area (TPSA) is 227 Å². The molecule has 17 heteroatoms. The van der Waals surface area contributed by atoms with Crippen LogP contribution in [0.5, 0.6) is 0 Å². The zero-order chi connectivity index (χ0) is 46.3. The Morgan fingerprint density at radius 3 is 1.85 bits per heavy atom. The Labute approximate surface area is 363 Å². The number of carbonyl (C=O) groups excluding carboxylic acids is 2. The first-order valence-electron chi connectivity index (χ1n) is 22.3. The largest absolute Gasteiger partial charge is 0.459 e. The summed E-state index contributed by atoms with van der Waals surface area (Å²) in [5.74, 6) is -5.17. The summed E-state index contributed by atoms with van der Waals surface area (Å²) in [6, 6.07) is -0.742. The SMILES string of the molecule is CC[C@H]1OC(=O)[C@H](C)[C@@H](O[C@H]2C[C@@](C)(O)[C@@H](O)[C@H](C)O2)[C@H](C)[C@@H](O[C@@H]2O[C@H](C)C[C@H](N(C)C)[C@H]2O)[C@](C)(O[C@H]2C[C@H](N(C)C)[C@H](O)[C@@H](C)O2)C[C@@H](C)C(=O)[C@H](C)[C@@H](O)[C@]1(C)O. The van der Waals surface area contributed by atoms with Crippen molar-refractivity contribution in [1.29, 1.82) is 0 Å². The molecule has 4 heterocycles. The number of aliphatic hydroxyl groups excluding tert-OH is 4. The maximum Gasteiger partial charge on any atom is 0.311 e. The van der Waals surface area contributed by atoms with Gasteiger partial charge in [0.2, 0.25) is 0 Å². The molecule has 61 heavy (non-hydrogen) atoms. The van der Waals surface area contributed by atoms with Gasteiger partial charge in [-0.25, -0.2) is 0 Å². The van der Waals surface area contributed by atoms with Gasteiger partial charge in [0.05, 0.1) is 59.8 Å². The van der Waals surface area contributed by atoms with Crippen molar-refractivity contribution in [3.8, 4) is 0 Å². The Balaban J connectivity index is 1.97. The summed E-state index contributed by atoms with van der Waals surface area (Å²) in [5.41, 5.74) is -5.21. The van der Waals surface area contributed by atoms with Crippen molar-refractivity contribution in [1.82, 2.24) is 9.80 Å². The number of cyclic esters (lactones) is 1. The third-order valence-corrected chi connectivity index (χ3v) is 14.1. The summed E-state index contributed by atoms with van der Waals surface area (Å²) >= 11 is 0. The van der Waals surface area contributed by atoms with Crippen molar-refractivity contribution in [3.05, 3.63) is 0 Å². The van der Waals surface area contributed by atoms with E-state index in [9.17, 15) is 40.2 Å². The van der Waals surface area contributed by atoms with Crippen LogP contribution in [-0.4, -0.2) is 189 Å². The molecule has 0 aromatic rings. The summed E-state index contributed by atoms with van der Waals surface area (Å²) < 4.78 is 45.7. The highest BCUT2D eigenvalue weighted by atomic mass is 16.7. The van der Waals surface area contributed by atoms with Gasteiger partial charge in [0.25, 0.3) is 0 Å². The highest BCUT2D eigenvalue weighted by Crippen LogP contribution is 2.43. The van der Waals surface area contributed by atoms with E-state index >= 15 is 0 Å². The number of ketones is 1. The van der Waals surface area contributed by atoms with E-state index in [1.165, 1.54) is 20.8 Å². The van der Waals surface area contributed by atoms with Gasteiger partial charge in [-0.05, 0) is 95.9 Å². The van der Waals surface area contributed by atoms with E-state index in [0.29, 0.717) is 6.42 Å². The lowest BCUT2D eigenvalue weighted by Crippen LogP contribution is -2.62. The van der Waals surface area contributed by atoms with Gasteiger partial charge in [-0.15, -0.1) is 0 Å². The maximum atomic E-state index is 14.5. The van der Waals surface area contributed by atoms with Gasteiger partial charge in [-0.1, -0.05) is 27.7 Å². The Kier molecular flexibility index (Phi) is 17.5. The fraction of sp³-hybridized carbons (Fsp3) is 0.955. The molecule has 0 aromatic carbocycles. The average Bonchev–Trinajstić information content (AvgIpc) is 3.16. The third-order valence-electron chi connectivity index (χ3n) is 14.1. The van der Waals surface area contributed by atoms with E-state index in [4.69, 9.17) is 33.2 Å². The molecule has 0 aromatic heterocycles. The molecule has 0 spiro atoms. The molecule has 0 amide bonds. The average molecular weight is 877 g/mol. The molecule has 4 aliphatic heterocycles. The van der Waals surface area contributed by atoms with Crippen LogP contribution in [-0.2, 0) is 42.7 Å². The normalized spacial score (nSPS) is 50.0. The first-order chi connectivity index (χ1) is 28.1. The van der Waals surface area contributed by atoms with E-state index in [1.807, 2.05) is 44.9 Å². The second-order valence-corrected chi connectivity index (χ2v) is 19.9. The minimum Gasteiger partial charge on any atom is -0.459 e. The lowest BCUT2D eigenvalue weighted by atomic mass is 9.73. The standard InChI is InChI=1S/C44H80N2O15/c1-16-30-44(11,54)37(50)23(4)33(47)21(2)19-43(10,61-31-18-29(46(14)15)34(48)26(7)56-31)39(60-41-35(49)28(45(12)13)17-22(3)55-41)24(5)36(25(6)40(52)58-30)59-32-20-42(9,53)38(51)27(8)57-32/h21-32,34-39,41,48-51,53-54H,16-20H2,1-15H3/t21-,22-,23+,24+,25-,26-,27+,28+,29+,30-,31+,32+,34-,35-,36+,37-,38+,39-,41+,42-,43-,44-/m1/s1. The fourth-order valence-corrected chi connectivity index (χ4v) is 10.2. The summed E-state index contributed by atoms with van der Waals surface area (Å²) in [6.45, 7) is 18.1. The predicted molar refractivity (Wildman–Crippen MR) is 223 cm³/mol. The van der Waals surface area contributed by atoms with Gasteiger partial charge in [0.1, 0.15) is 29.7 Å². The molecule has 22 atom stereocenters. The van der Waals surface area contributed by atoms with Crippen LogP contribution in [0.2, 0.25) is 0 Å². The second kappa shape index (κ2) is 20.4. The monoisotopic (exact) mass is 877 g/mol. The number of hydrogen-bond acceptors (Lipinski definition) is 17. The smallest absolute Gasteiger partial charge is 0.311 e. The molecule has 0 bridgehead atoms. The number of ether oxygens (including phenoxy) is 7. The molecular formula is C44H80N2O15. The predicted octanol–water partition coefficient (Wildman–Crippen LogP) is 1.58. The summed E-state index contributed by atoms with van der Waals surface area (Å²) in [5, 5.41) is 68.6. The van der Waals surface area contributed by atoms with Crippen molar-refractivity contribution in [3.63, 3.8) is 0 Å². The summed E-state index contributed by atoms with van der Waals surface area (Å²) in [7, 11) is 7.41. The molecule has 4 rings (SSSR count). The number of Topliss-reactive ketones (excluding diaryl/α,β-unsaturated/α-hetero) is 1. The van der Waals surface area contributed by atoms with Crippen molar-refractivity contribution in [2.75, 3.05) is 28.2 Å². The molecule has 0 radical (unpaired) electrons. The van der Waals surface area contributed by atoms with Crippen molar-refractivity contribution < 1.29 is 73.4 Å². The Hall–Kier alpha value is -1.42. The number of likely N-dealkylation sites (N-methyl/N-ethyl adjacent to an activating group) is 2. The van der Waals surface area contributed by atoms with E-state index in [2.05, 4.69) is 0 Å². The molecule has 0 unspecified atom stereocenters. The lowest BCUT2D eigenvalue weighted by molar-refractivity contribution is -0.340. The van der Waals surface area contributed by atoms with Crippen molar-refractivity contribution in [2.45, 2.75) is 217 Å². The highest BCUT2D eigenvalue weighted by Gasteiger charge is 2.55. The quantitative estimate of drug-likeness (QED) is 0.181. The number of nitrogens with zero attached hydrogens (tertiary/aromatic N) is 2. The molecule has 4 aliphatic rings. The van der Waals surface area contributed by atoms with E-state index in [0.717, 1.165) is 0 Å². The summed E-state index contributed by atoms with van der Waals surface area (Å²) in [6.07, 6.45) is -13.0. The zero-order valence-electron chi connectivity index (χ0n) is 39.3. The van der Waals surface area contributed by atoms with E-state index in [1.54, 1.807) is 48.5 Å². The number of hydrogen-bond donors (Lipinski definition) is 6. The van der Waals surface area contributed by atoms with Crippen LogP contribution in [0.3, 0.4) is 0 Å². The van der Waals surface area contributed by atoms with Gasteiger partial charge in [-0.3, -0.25) is 9.59 Å². The highest BCUT2D eigenvalue weighted by molar-refractivity contribution is 5.83. The Morgan fingerprint density at radius 1 is 0.721 bits per heavy atom.